The van der Waals surface area contributed by atoms with Gasteiger partial charge in [-0.25, -0.2) is 4.98 Å². The lowest BCUT2D eigenvalue weighted by molar-refractivity contribution is 0.469. The fourth-order valence-electron chi connectivity index (χ4n) is 1.25. The largest absolute Gasteiger partial charge is 0.508 e. The minimum absolute atomic E-state index is 0.0962. The van der Waals surface area contributed by atoms with Crippen LogP contribution in [-0.2, 0) is 0 Å². The molecule has 1 heterocycles. The molecule has 0 saturated heterocycles. The molecule has 0 aliphatic carbocycles. The summed E-state index contributed by atoms with van der Waals surface area (Å²) < 4.78 is 0.392. The first-order valence-electron chi connectivity index (χ1n) is 4.32. The molecule has 0 aliphatic heterocycles. The van der Waals surface area contributed by atoms with Gasteiger partial charge in [-0.1, -0.05) is 12.1 Å². The second-order valence-electron chi connectivity index (χ2n) is 3.06. The molecule has 2 N–H and O–H groups in total. The number of halogens is 1. The van der Waals surface area contributed by atoms with Crippen LogP contribution in [0.1, 0.15) is 0 Å². The van der Waals surface area contributed by atoms with E-state index in [0.717, 1.165) is 5.56 Å². The highest BCUT2D eigenvalue weighted by atomic mass is 79.9. The van der Waals surface area contributed by atoms with Crippen molar-refractivity contribution in [2.24, 2.45) is 0 Å². The van der Waals surface area contributed by atoms with E-state index in [0.29, 0.717) is 10.3 Å². The van der Waals surface area contributed by atoms with E-state index in [1.165, 1.54) is 0 Å². The molecule has 2 rings (SSSR count). The first kappa shape index (κ1) is 9.98. The summed E-state index contributed by atoms with van der Waals surface area (Å²) in [6, 6.07) is 10.0. The van der Waals surface area contributed by atoms with Gasteiger partial charge in [-0.3, -0.25) is 0 Å². The summed E-state index contributed by atoms with van der Waals surface area (Å²) in [6.07, 6.45) is 0. The number of hydrogen-bond donors (Lipinski definition) is 2. The van der Waals surface area contributed by atoms with Crippen LogP contribution in [0.3, 0.4) is 0 Å². The fourth-order valence-corrected chi connectivity index (χ4v) is 1.58. The maximum absolute atomic E-state index is 9.31. The zero-order chi connectivity index (χ0) is 10.8. The SMILES string of the molecule is Oc1cccc(-c2ccc(O)c(Br)n2)c1. The van der Waals surface area contributed by atoms with Crippen LogP contribution in [0, 0.1) is 0 Å². The Kier molecular flexibility index (Phi) is 2.60. The number of hydrogen-bond acceptors (Lipinski definition) is 3. The monoisotopic (exact) mass is 265 g/mol. The van der Waals surface area contributed by atoms with Gasteiger partial charge in [-0.05, 0) is 40.2 Å². The summed E-state index contributed by atoms with van der Waals surface area (Å²) in [5.74, 6) is 0.289. The van der Waals surface area contributed by atoms with Gasteiger partial charge in [-0.15, -0.1) is 0 Å². The lowest BCUT2D eigenvalue weighted by Crippen LogP contribution is -1.84. The topological polar surface area (TPSA) is 53.4 Å². The number of pyridine rings is 1. The lowest BCUT2D eigenvalue weighted by atomic mass is 10.1. The fraction of sp³-hybridized carbons (Fsp3) is 0. The Morgan fingerprint density at radius 1 is 1.07 bits per heavy atom. The third-order valence-corrected chi connectivity index (χ3v) is 2.55. The van der Waals surface area contributed by atoms with Crippen LogP contribution in [0.4, 0.5) is 0 Å². The summed E-state index contributed by atoms with van der Waals surface area (Å²) in [5, 5.41) is 18.6. The van der Waals surface area contributed by atoms with Crippen molar-refractivity contribution >= 4 is 15.9 Å². The van der Waals surface area contributed by atoms with E-state index in [-0.39, 0.29) is 11.5 Å². The van der Waals surface area contributed by atoms with Gasteiger partial charge in [0.15, 0.2) is 0 Å². The van der Waals surface area contributed by atoms with E-state index in [1.54, 1.807) is 30.3 Å². The summed E-state index contributed by atoms with van der Waals surface area (Å²) in [5.41, 5.74) is 1.49. The van der Waals surface area contributed by atoms with E-state index in [9.17, 15) is 10.2 Å². The zero-order valence-corrected chi connectivity index (χ0v) is 9.27. The molecule has 0 amide bonds. The smallest absolute Gasteiger partial charge is 0.148 e. The van der Waals surface area contributed by atoms with Crippen molar-refractivity contribution in [2.45, 2.75) is 0 Å². The second kappa shape index (κ2) is 3.90. The van der Waals surface area contributed by atoms with Gasteiger partial charge in [0.2, 0.25) is 0 Å². The third-order valence-electron chi connectivity index (χ3n) is 1.97. The number of benzene rings is 1. The molecule has 76 valence electrons. The predicted molar refractivity (Wildman–Crippen MR) is 60.7 cm³/mol. The Labute approximate surface area is 95.2 Å². The molecule has 0 aliphatic rings. The standard InChI is InChI=1S/C11H8BrNO2/c12-11-10(15)5-4-9(13-11)7-2-1-3-8(14)6-7/h1-6,14-15H. The van der Waals surface area contributed by atoms with Gasteiger partial charge < -0.3 is 10.2 Å². The molecular formula is C11H8BrNO2. The second-order valence-corrected chi connectivity index (χ2v) is 3.81. The summed E-state index contributed by atoms with van der Waals surface area (Å²) in [7, 11) is 0. The normalized spacial score (nSPS) is 10.2. The molecule has 0 atom stereocenters. The van der Waals surface area contributed by atoms with E-state index in [1.807, 2.05) is 6.07 Å². The number of rotatable bonds is 1. The molecule has 1 aromatic heterocycles. The summed E-state index contributed by atoms with van der Waals surface area (Å²) >= 11 is 3.14. The maximum atomic E-state index is 9.31. The Morgan fingerprint density at radius 2 is 1.87 bits per heavy atom. The Hall–Kier alpha value is -1.55. The minimum atomic E-state index is 0.0962. The molecule has 4 heteroatoms. The van der Waals surface area contributed by atoms with Crippen molar-refractivity contribution in [3.8, 4) is 22.8 Å². The molecule has 0 spiro atoms. The van der Waals surface area contributed by atoms with Crippen LogP contribution in [0.25, 0.3) is 11.3 Å². The van der Waals surface area contributed by atoms with Gasteiger partial charge in [0.1, 0.15) is 16.1 Å². The van der Waals surface area contributed by atoms with Gasteiger partial charge in [0.05, 0.1) is 5.69 Å². The molecular weight excluding hydrogens is 258 g/mol. The van der Waals surface area contributed by atoms with Crippen molar-refractivity contribution in [1.82, 2.24) is 4.98 Å². The predicted octanol–water partition coefficient (Wildman–Crippen LogP) is 2.92. The third kappa shape index (κ3) is 2.10. The number of phenols is 1. The average molecular weight is 266 g/mol. The van der Waals surface area contributed by atoms with Gasteiger partial charge in [-0.2, -0.15) is 0 Å². The van der Waals surface area contributed by atoms with Crippen LogP contribution in [0.2, 0.25) is 0 Å². The van der Waals surface area contributed by atoms with Gasteiger partial charge in [0, 0.05) is 5.56 Å². The van der Waals surface area contributed by atoms with E-state index in [2.05, 4.69) is 20.9 Å². The molecule has 0 bridgehead atoms. The Morgan fingerprint density at radius 3 is 2.53 bits per heavy atom. The van der Waals surface area contributed by atoms with Gasteiger partial charge in [0.25, 0.3) is 0 Å². The van der Waals surface area contributed by atoms with Gasteiger partial charge >= 0.3 is 0 Å². The number of aromatic nitrogens is 1. The molecule has 0 saturated carbocycles. The molecule has 3 nitrogen and oxygen atoms in total. The quantitative estimate of drug-likeness (QED) is 0.780. The minimum Gasteiger partial charge on any atom is -0.508 e. The number of nitrogens with zero attached hydrogens (tertiary/aromatic N) is 1. The van der Waals surface area contributed by atoms with Crippen molar-refractivity contribution in [3.63, 3.8) is 0 Å². The Bertz CT molecular complexity index is 500. The molecule has 0 radical (unpaired) electrons. The van der Waals surface area contributed by atoms with E-state index < -0.39 is 0 Å². The van der Waals surface area contributed by atoms with E-state index >= 15 is 0 Å². The van der Waals surface area contributed by atoms with Crippen molar-refractivity contribution in [3.05, 3.63) is 41.0 Å². The highest BCUT2D eigenvalue weighted by Gasteiger charge is 2.04. The molecule has 2 aromatic rings. The Balaban J connectivity index is 2.50. The van der Waals surface area contributed by atoms with E-state index in [4.69, 9.17) is 0 Å². The summed E-state index contributed by atoms with van der Waals surface area (Å²) in [4.78, 5) is 4.14. The van der Waals surface area contributed by atoms with Crippen LogP contribution in [-0.4, -0.2) is 15.2 Å². The van der Waals surface area contributed by atoms with Crippen LogP contribution in [0.15, 0.2) is 41.0 Å². The van der Waals surface area contributed by atoms with Crippen LogP contribution >= 0.6 is 15.9 Å². The molecule has 0 fully saturated rings. The summed E-state index contributed by atoms with van der Waals surface area (Å²) in [6.45, 7) is 0. The first-order chi connectivity index (χ1) is 7.16. The van der Waals surface area contributed by atoms with Crippen molar-refractivity contribution < 1.29 is 10.2 Å². The highest BCUT2D eigenvalue weighted by Crippen LogP contribution is 2.27. The molecule has 1 aromatic carbocycles. The van der Waals surface area contributed by atoms with Crippen molar-refractivity contribution in [2.75, 3.05) is 0 Å². The van der Waals surface area contributed by atoms with Crippen LogP contribution < -0.4 is 0 Å². The lowest BCUT2D eigenvalue weighted by Gasteiger charge is -2.03. The van der Waals surface area contributed by atoms with Crippen molar-refractivity contribution in [1.29, 1.82) is 0 Å². The number of phenolic OH excluding ortho intramolecular Hbond substituents is 1. The van der Waals surface area contributed by atoms with Crippen LogP contribution in [0.5, 0.6) is 11.5 Å². The average Bonchev–Trinajstić information content (AvgIpc) is 2.22. The first-order valence-corrected chi connectivity index (χ1v) is 5.11. The number of aromatic hydroxyl groups is 2. The highest BCUT2D eigenvalue weighted by molar-refractivity contribution is 9.10. The maximum Gasteiger partial charge on any atom is 0.148 e. The zero-order valence-electron chi connectivity index (χ0n) is 7.68. The molecule has 15 heavy (non-hydrogen) atoms. The molecule has 0 unspecified atom stereocenters.